The molecule has 0 bridgehead atoms. The molecule has 0 radical (unpaired) electrons. The van der Waals surface area contributed by atoms with Crippen LogP contribution in [0, 0.1) is 5.82 Å². The van der Waals surface area contributed by atoms with Crippen molar-refractivity contribution in [1.82, 2.24) is 20.4 Å². The van der Waals surface area contributed by atoms with Crippen molar-refractivity contribution in [3.8, 4) is 17.2 Å². The van der Waals surface area contributed by atoms with Gasteiger partial charge in [0.25, 0.3) is 0 Å². The summed E-state index contributed by atoms with van der Waals surface area (Å²) in [5, 5.41) is 10.8. The third-order valence-corrected chi connectivity index (χ3v) is 6.25. The summed E-state index contributed by atoms with van der Waals surface area (Å²) in [6, 6.07) is 17.7. The van der Waals surface area contributed by atoms with Crippen molar-refractivity contribution in [1.29, 1.82) is 0 Å². The molecule has 3 aromatic carbocycles. The predicted octanol–water partition coefficient (Wildman–Crippen LogP) is 5.71. The lowest BCUT2D eigenvalue weighted by molar-refractivity contribution is -0.124. The van der Waals surface area contributed by atoms with Gasteiger partial charge in [0.05, 0.1) is 30.6 Å². The van der Waals surface area contributed by atoms with Crippen molar-refractivity contribution in [3.63, 3.8) is 0 Å². The van der Waals surface area contributed by atoms with Crippen LogP contribution in [0.2, 0.25) is 0 Å². The van der Waals surface area contributed by atoms with Gasteiger partial charge in [-0.25, -0.2) is 13.9 Å². The van der Waals surface area contributed by atoms with Crippen LogP contribution in [0.1, 0.15) is 46.3 Å². The SMILES string of the molecule is COc1cccc([C@@H](Oc2ccc3c(cnn3-c3ccc(F)cc3)c2)C(C)NC(=O)[C@@H](C)NC(=O)OC(C)(C)C)c1. The van der Waals surface area contributed by atoms with Gasteiger partial charge >= 0.3 is 6.09 Å². The lowest BCUT2D eigenvalue weighted by Gasteiger charge is -2.28. The summed E-state index contributed by atoms with van der Waals surface area (Å²) >= 11 is 0. The van der Waals surface area contributed by atoms with E-state index in [1.165, 1.54) is 12.1 Å². The maximum atomic E-state index is 13.4. The number of carbonyl (C=O) groups excluding carboxylic acids is 2. The van der Waals surface area contributed by atoms with Crippen LogP contribution < -0.4 is 20.1 Å². The fourth-order valence-corrected chi connectivity index (χ4v) is 4.27. The first-order chi connectivity index (χ1) is 19.4. The van der Waals surface area contributed by atoms with Crippen LogP contribution in [-0.4, -0.2) is 46.6 Å². The number of amides is 2. The zero-order valence-electron chi connectivity index (χ0n) is 24.0. The molecule has 0 saturated carbocycles. The fraction of sp³-hybridized carbons (Fsp3) is 0.323. The molecule has 2 N–H and O–H groups in total. The Morgan fingerprint density at radius 1 is 0.951 bits per heavy atom. The Morgan fingerprint density at radius 3 is 2.37 bits per heavy atom. The number of nitrogens with zero attached hydrogens (tertiary/aromatic N) is 2. The van der Waals surface area contributed by atoms with Gasteiger partial charge in [-0.05, 0) is 94.8 Å². The van der Waals surface area contributed by atoms with E-state index in [-0.39, 0.29) is 5.82 Å². The Hall–Kier alpha value is -4.60. The average molecular weight is 563 g/mol. The van der Waals surface area contributed by atoms with Crippen LogP contribution in [0.15, 0.2) is 72.9 Å². The van der Waals surface area contributed by atoms with Gasteiger partial charge < -0.3 is 24.8 Å². The zero-order valence-corrected chi connectivity index (χ0v) is 24.0. The second kappa shape index (κ2) is 12.3. The molecular weight excluding hydrogens is 527 g/mol. The highest BCUT2D eigenvalue weighted by Crippen LogP contribution is 2.30. The first kappa shape index (κ1) is 29.4. The summed E-state index contributed by atoms with van der Waals surface area (Å²) in [7, 11) is 1.58. The van der Waals surface area contributed by atoms with Crippen molar-refractivity contribution in [2.45, 2.75) is 58.4 Å². The summed E-state index contributed by atoms with van der Waals surface area (Å²) in [6.07, 6.45) is 0.427. The summed E-state index contributed by atoms with van der Waals surface area (Å²) < 4.78 is 32.3. The average Bonchev–Trinajstić information content (AvgIpc) is 3.34. The molecule has 4 rings (SSSR count). The number of alkyl carbamates (subject to hydrolysis) is 1. The molecule has 0 spiro atoms. The van der Waals surface area contributed by atoms with Gasteiger partial charge in [0, 0.05) is 5.39 Å². The standard InChI is InChI=1S/C31H35FN4O5/c1-19(34-29(37)20(2)35-30(38)41-31(3,4)5)28(21-8-7-9-25(16-21)39-6)40-26-14-15-27-22(17-26)18-33-36(27)24-12-10-23(32)11-13-24/h7-20,28H,1-6H3,(H,34,37)(H,35,38)/t19?,20-,28+/m1/s1. The Labute approximate surface area is 238 Å². The first-order valence-electron chi connectivity index (χ1n) is 13.3. The molecule has 0 fully saturated rings. The van der Waals surface area contributed by atoms with Crippen LogP contribution in [0.5, 0.6) is 11.5 Å². The van der Waals surface area contributed by atoms with Crippen LogP contribution >= 0.6 is 0 Å². The smallest absolute Gasteiger partial charge is 0.408 e. The van der Waals surface area contributed by atoms with Crippen LogP contribution in [0.3, 0.4) is 0 Å². The molecule has 0 aliphatic carbocycles. The van der Waals surface area contributed by atoms with Crippen molar-refractivity contribution in [2.75, 3.05) is 7.11 Å². The van der Waals surface area contributed by atoms with Crippen molar-refractivity contribution in [2.24, 2.45) is 0 Å². The summed E-state index contributed by atoms with van der Waals surface area (Å²) in [5.74, 6) is 0.493. The Kier molecular flexibility index (Phi) is 8.80. The quantitative estimate of drug-likeness (QED) is 0.271. The highest BCUT2D eigenvalue weighted by atomic mass is 19.1. The minimum Gasteiger partial charge on any atom is -0.497 e. The number of methoxy groups -OCH3 is 1. The molecule has 4 aromatic rings. The molecule has 0 aliphatic rings. The first-order valence-corrected chi connectivity index (χ1v) is 13.3. The number of hydrogen-bond donors (Lipinski definition) is 2. The molecular formula is C31H35FN4O5. The zero-order chi connectivity index (χ0) is 29.7. The number of carbonyl (C=O) groups is 2. The van der Waals surface area contributed by atoms with Gasteiger partial charge in [-0.15, -0.1) is 0 Å². The van der Waals surface area contributed by atoms with E-state index in [0.717, 1.165) is 22.2 Å². The second-order valence-corrected chi connectivity index (χ2v) is 10.7. The van der Waals surface area contributed by atoms with E-state index in [9.17, 15) is 14.0 Å². The highest BCUT2D eigenvalue weighted by Gasteiger charge is 2.27. The van der Waals surface area contributed by atoms with E-state index < -0.39 is 35.8 Å². The van der Waals surface area contributed by atoms with E-state index in [0.29, 0.717) is 11.5 Å². The minimum atomic E-state index is -0.841. The van der Waals surface area contributed by atoms with E-state index in [1.807, 2.05) is 49.4 Å². The molecule has 41 heavy (non-hydrogen) atoms. The number of rotatable bonds is 9. The van der Waals surface area contributed by atoms with Gasteiger partial charge in [-0.1, -0.05) is 12.1 Å². The number of benzene rings is 3. The molecule has 0 saturated heterocycles. The summed E-state index contributed by atoms with van der Waals surface area (Å²) in [6.45, 7) is 8.66. The molecule has 216 valence electrons. The molecule has 3 atom stereocenters. The van der Waals surface area contributed by atoms with Gasteiger partial charge in [0.15, 0.2) is 0 Å². The number of nitrogens with one attached hydrogen (secondary N) is 2. The molecule has 10 heteroatoms. The van der Waals surface area contributed by atoms with Crippen LogP contribution in [0.25, 0.3) is 16.6 Å². The third-order valence-electron chi connectivity index (χ3n) is 6.25. The summed E-state index contributed by atoms with van der Waals surface area (Å²) in [4.78, 5) is 25.2. The maximum absolute atomic E-state index is 13.4. The van der Waals surface area contributed by atoms with Gasteiger partial charge in [0.2, 0.25) is 5.91 Å². The molecule has 1 unspecified atom stereocenters. The number of hydrogen-bond acceptors (Lipinski definition) is 6. The van der Waals surface area contributed by atoms with E-state index in [2.05, 4.69) is 15.7 Å². The van der Waals surface area contributed by atoms with E-state index in [1.54, 1.807) is 57.8 Å². The lowest BCUT2D eigenvalue weighted by Crippen LogP contribution is -2.50. The number of aromatic nitrogens is 2. The normalized spacial score (nSPS) is 13.6. The number of fused-ring (bicyclic) bond motifs is 1. The topological polar surface area (TPSA) is 104 Å². The van der Waals surface area contributed by atoms with Gasteiger partial charge in [-0.2, -0.15) is 5.10 Å². The Balaban J connectivity index is 1.56. The molecule has 1 heterocycles. The second-order valence-electron chi connectivity index (χ2n) is 10.7. The maximum Gasteiger partial charge on any atom is 0.408 e. The monoisotopic (exact) mass is 562 g/mol. The van der Waals surface area contributed by atoms with E-state index >= 15 is 0 Å². The van der Waals surface area contributed by atoms with Crippen molar-refractivity contribution in [3.05, 3.63) is 84.3 Å². The number of ether oxygens (including phenoxy) is 3. The lowest BCUT2D eigenvalue weighted by atomic mass is 10.0. The Morgan fingerprint density at radius 2 is 1.68 bits per heavy atom. The molecule has 1 aromatic heterocycles. The predicted molar refractivity (Wildman–Crippen MR) is 154 cm³/mol. The molecule has 0 aliphatic heterocycles. The molecule has 9 nitrogen and oxygen atoms in total. The largest absolute Gasteiger partial charge is 0.497 e. The highest BCUT2D eigenvalue weighted by molar-refractivity contribution is 5.85. The fourth-order valence-electron chi connectivity index (χ4n) is 4.27. The van der Waals surface area contributed by atoms with Gasteiger partial charge in [-0.3, -0.25) is 4.79 Å². The van der Waals surface area contributed by atoms with Gasteiger partial charge in [0.1, 0.15) is 35.1 Å². The number of halogens is 1. The van der Waals surface area contributed by atoms with Crippen LogP contribution in [0.4, 0.5) is 9.18 Å². The van der Waals surface area contributed by atoms with Crippen LogP contribution in [-0.2, 0) is 9.53 Å². The van der Waals surface area contributed by atoms with E-state index in [4.69, 9.17) is 14.2 Å². The molecule has 2 amide bonds. The van der Waals surface area contributed by atoms with Crippen molar-refractivity contribution < 1.29 is 28.2 Å². The summed E-state index contributed by atoms with van der Waals surface area (Å²) in [5.41, 5.74) is 1.65. The minimum absolute atomic E-state index is 0.319. The van der Waals surface area contributed by atoms with Crippen molar-refractivity contribution >= 4 is 22.9 Å². The Bertz CT molecular complexity index is 1510. The third kappa shape index (κ3) is 7.53.